The van der Waals surface area contributed by atoms with Gasteiger partial charge in [0.2, 0.25) is 0 Å². The molecular weight excluding hydrogens is 486 g/mol. The van der Waals surface area contributed by atoms with E-state index in [4.69, 9.17) is 27.9 Å². The Labute approximate surface area is 203 Å². The zero-order valence-electron chi connectivity index (χ0n) is 17.3. The van der Waals surface area contributed by atoms with Gasteiger partial charge in [-0.1, -0.05) is 35.3 Å². The molecule has 0 radical (unpaired) electrons. The van der Waals surface area contributed by atoms with E-state index in [9.17, 15) is 18.8 Å². The lowest BCUT2D eigenvalue weighted by molar-refractivity contribution is -0.136. The van der Waals surface area contributed by atoms with Crippen molar-refractivity contribution in [3.05, 3.63) is 88.2 Å². The van der Waals surface area contributed by atoms with Crippen LogP contribution in [0, 0.1) is 5.82 Å². The first-order valence-electron chi connectivity index (χ1n) is 9.67. The Hall–Kier alpha value is -3.95. The fourth-order valence-corrected chi connectivity index (χ4v) is 3.12. The minimum atomic E-state index is -1.01. The van der Waals surface area contributed by atoms with Crippen molar-refractivity contribution < 1.29 is 23.5 Å². The maximum Gasteiger partial charge on any atom is 0.329 e. The Balaban J connectivity index is 1.48. The van der Waals surface area contributed by atoms with Crippen LogP contribution in [0.1, 0.15) is 5.56 Å². The number of hydrogen-bond donors (Lipinski definition) is 3. The van der Waals surface area contributed by atoms with Gasteiger partial charge < -0.3 is 15.4 Å². The molecule has 0 aliphatic heterocycles. The minimum Gasteiger partial charge on any atom is -0.484 e. The monoisotopic (exact) mass is 502 g/mol. The van der Waals surface area contributed by atoms with E-state index in [0.29, 0.717) is 27.0 Å². The summed E-state index contributed by atoms with van der Waals surface area (Å²) in [6.45, 7) is -0.273. The highest BCUT2D eigenvalue weighted by atomic mass is 35.5. The predicted molar refractivity (Wildman–Crippen MR) is 128 cm³/mol. The van der Waals surface area contributed by atoms with Crippen molar-refractivity contribution in [1.29, 1.82) is 0 Å². The largest absolute Gasteiger partial charge is 0.484 e. The Morgan fingerprint density at radius 1 is 0.882 bits per heavy atom. The van der Waals surface area contributed by atoms with Crippen LogP contribution >= 0.6 is 23.2 Å². The van der Waals surface area contributed by atoms with Crippen molar-refractivity contribution in [2.24, 2.45) is 5.10 Å². The second kappa shape index (κ2) is 11.8. The average Bonchev–Trinajstić information content (AvgIpc) is 2.79. The molecule has 0 atom stereocenters. The Bertz CT molecular complexity index is 1220. The molecular formula is C23H17Cl2FN4O4. The molecule has 34 heavy (non-hydrogen) atoms. The van der Waals surface area contributed by atoms with Gasteiger partial charge >= 0.3 is 11.8 Å². The van der Waals surface area contributed by atoms with E-state index in [-0.39, 0.29) is 12.3 Å². The first kappa shape index (κ1) is 24.7. The molecule has 0 saturated heterocycles. The number of hydrazone groups is 1. The van der Waals surface area contributed by atoms with Crippen LogP contribution in [-0.2, 0) is 14.4 Å². The summed E-state index contributed by atoms with van der Waals surface area (Å²) < 4.78 is 18.4. The topological polar surface area (TPSA) is 109 Å². The summed E-state index contributed by atoms with van der Waals surface area (Å²) in [6, 6.07) is 16.1. The van der Waals surface area contributed by atoms with Gasteiger partial charge in [-0.25, -0.2) is 9.82 Å². The first-order chi connectivity index (χ1) is 16.3. The number of ether oxygens (including phenoxy) is 1. The number of nitrogens with one attached hydrogen (secondary N) is 3. The molecule has 8 nitrogen and oxygen atoms in total. The van der Waals surface area contributed by atoms with Crippen LogP contribution in [0.15, 0.2) is 71.8 Å². The molecule has 0 spiro atoms. The summed E-state index contributed by atoms with van der Waals surface area (Å²) in [5, 5.41) is 9.43. The highest BCUT2D eigenvalue weighted by Crippen LogP contribution is 2.22. The lowest BCUT2D eigenvalue weighted by Crippen LogP contribution is -2.32. The van der Waals surface area contributed by atoms with Crippen molar-refractivity contribution in [3.8, 4) is 5.75 Å². The summed E-state index contributed by atoms with van der Waals surface area (Å²) in [7, 11) is 0. The van der Waals surface area contributed by atoms with Gasteiger partial charge in [-0.2, -0.15) is 5.10 Å². The summed E-state index contributed by atoms with van der Waals surface area (Å²) in [6.07, 6.45) is 1.30. The molecule has 0 aliphatic rings. The van der Waals surface area contributed by atoms with Gasteiger partial charge in [-0.15, -0.1) is 0 Å². The first-order valence-corrected chi connectivity index (χ1v) is 10.4. The van der Waals surface area contributed by atoms with Crippen LogP contribution in [0.25, 0.3) is 0 Å². The van der Waals surface area contributed by atoms with Gasteiger partial charge in [-0.05, 0) is 60.2 Å². The molecule has 0 bridgehead atoms. The fourth-order valence-electron chi connectivity index (χ4n) is 2.59. The average molecular weight is 503 g/mol. The minimum absolute atomic E-state index is 0.262. The van der Waals surface area contributed by atoms with E-state index in [1.165, 1.54) is 18.3 Å². The number of carbonyl (C=O) groups is 3. The number of halogens is 3. The van der Waals surface area contributed by atoms with Crippen molar-refractivity contribution in [3.63, 3.8) is 0 Å². The molecule has 3 N–H and O–H groups in total. The van der Waals surface area contributed by atoms with Crippen molar-refractivity contribution in [2.75, 3.05) is 17.2 Å². The van der Waals surface area contributed by atoms with E-state index in [0.717, 1.165) is 12.1 Å². The number of nitrogens with zero attached hydrogens (tertiary/aromatic N) is 1. The fraction of sp³-hybridized carbons (Fsp3) is 0.0435. The van der Waals surface area contributed by atoms with Gasteiger partial charge in [0.05, 0.1) is 6.21 Å². The maximum absolute atomic E-state index is 12.9. The van der Waals surface area contributed by atoms with E-state index >= 15 is 0 Å². The molecule has 11 heteroatoms. The van der Waals surface area contributed by atoms with Crippen LogP contribution in [0.5, 0.6) is 5.75 Å². The zero-order chi connectivity index (χ0) is 24.5. The second-order valence-corrected chi connectivity index (χ2v) is 7.60. The van der Waals surface area contributed by atoms with Gasteiger partial charge in [0.1, 0.15) is 11.6 Å². The number of anilines is 2. The van der Waals surface area contributed by atoms with Crippen LogP contribution < -0.4 is 20.8 Å². The number of hydrogen-bond acceptors (Lipinski definition) is 5. The summed E-state index contributed by atoms with van der Waals surface area (Å²) in [5.41, 5.74) is 3.33. The lowest BCUT2D eigenvalue weighted by atomic mass is 10.2. The normalized spacial score (nSPS) is 10.6. The van der Waals surface area contributed by atoms with Crippen LogP contribution in [0.4, 0.5) is 15.8 Å². The molecule has 3 aromatic rings. The number of carbonyl (C=O) groups excluding carboxylic acids is 3. The van der Waals surface area contributed by atoms with E-state index in [1.807, 2.05) is 0 Å². The number of benzene rings is 3. The Morgan fingerprint density at radius 3 is 2.29 bits per heavy atom. The SMILES string of the molecule is O=C(COc1cccc(/C=N\NC(=O)C(=O)Nc2ccc(F)cc2)c1)Nc1cc(Cl)cc(Cl)c1. The van der Waals surface area contributed by atoms with E-state index < -0.39 is 23.5 Å². The molecule has 0 aliphatic carbocycles. The maximum atomic E-state index is 12.9. The molecule has 174 valence electrons. The Kier molecular flexibility index (Phi) is 8.55. The van der Waals surface area contributed by atoms with Gasteiger partial charge in [0, 0.05) is 21.4 Å². The lowest BCUT2D eigenvalue weighted by Gasteiger charge is -2.09. The molecule has 3 aromatic carbocycles. The molecule has 3 amide bonds. The summed E-state index contributed by atoms with van der Waals surface area (Å²) in [4.78, 5) is 35.8. The van der Waals surface area contributed by atoms with Crippen molar-refractivity contribution in [1.82, 2.24) is 5.43 Å². The number of rotatable bonds is 7. The van der Waals surface area contributed by atoms with E-state index in [2.05, 4.69) is 21.2 Å². The molecule has 0 aromatic heterocycles. The van der Waals surface area contributed by atoms with Crippen molar-refractivity contribution >= 4 is 58.5 Å². The van der Waals surface area contributed by atoms with Crippen molar-refractivity contribution in [2.45, 2.75) is 0 Å². The highest BCUT2D eigenvalue weighted by molar-refractivity contribution is 6.39. The third-order valence-corrected chi connectivity index (χ3v) is 4.50. The quantitative estimate of drug-likeness (QED) is 0.255. The molecule has 0 saturated carbocycles. The third-order valence-electron chi connectivity index (χ3n) is 4.06. The van der Waals surface area contributed by atoms with Gasteiger partial charge in [0.25, 0.3) is 5.91 Å². The van der Waals surface area contributed by atoms with Gasteiger partial charge in [0.15, 0.2) is 6.61 Å². The predicted octanol–water partition coefficient (Wildman–Crippen LogP) is 4.24. The third kappa shape index (κ3) is 7.88. The zero-order valence-corrected chi connectivity index (χ0v) is 18.9. The van der Waals surface area contributed by atoms with Crippen LogP contribution in [-0.4, -0.2) is 30.5 Å². The second-order valence-electron chi connectivity index (χ2n) is 6.73. The smallest absolute Gasteiger partial charge is 0.329 e. The standard InChI is InChI=1S/C23H17Cl2FN4O4/c24-15-9-16(25)11-19(10-15)28-21(31)13-34-20-3-1-2-14(8-20)12-27-30-23(33)22(32)29-18-6-4-17(26)5-7-18/h1-12H,13H2,(H,28,31)(H,29,32)(H,30,33)/b27-12-. The highest BCUT2D eigenvalue weighted by Gasteiger charge is 2.12. The molecule has 0 unspecified atom stereocenters. The molecule has 0 heterocycles. The molecule has 0 fully saturated rings. The number of amides is 3. The Morgan fingerprint density at radius 2 is 1.59 bits per heavy atom. The summed E-state index contributed by atoms with van der Waals surface area (Å²) >= 11 is 11.8. The summed E-state index contributed by atoms with van der Waals surface area (Å²) in [5.74, 6) is -2.48. The van der Waals surface area contributed by atoms with Gasteiger partial charge in [-0.3, -0.25) is 14.4 Å². The van der Waals surface area contributed by atoms with Crippen LogP contribution in [0.3, 0.4) is 0 Å². The molecule has 3 rings (SSSR count). The van der Waals surface area contributed by atoms with E-state index in [1.54, 1.807) is 42.5 Å². The van der Waals surface area contributed by atoms with Crippen LogP contribution in [0.2, 0.25) is 10.0 Å².